The molecule has 3 atom stereocenters. The zero-order valence-electron chi connectivity index (χ0n) is 18.1. The number of benzene rings is 1. The zero-order chi connectivity index (χ0) is 20.3. The normalized spacial score (nSPS) is 36.9. The van der Waals surface area contributed by atoms with Gasteiger partial charge < -0.3 is 19.3 Å². The average Bonchev–Trinajstić information content (AvgIpc) is 3.43. The predicted molar refractivity (Wildman–Crippen MR) is 111 cm³/mol. The zero-order valence-corrected chi connectivity index (χ0v) is 18.1. The van der Waals surface area contributed by atoms with Crippen molar-refractivity contribution in [2.24, 2.45) is 5.92 Å². The Kier molecular flexibility index (Phi) is 4.74. The maximum Gasteiger partial charge on any atom is 0.169 e. The van der Waals surface area contributed by atoms with E-state index in [1.54, 1.807) is 7.11 Å². The summed E-state index contributed by atoms with van der Waals surface area (Å²) in [6.45, 7) is 7.81. The Morgan fingerprint density at radius 1 is 1.17 bits per heavy atom. The molecule has 29 heavy (non-hydrogen) atoms. The minimum absolute atomic E-state index is 0.112. The van der Waals surface area contributed by atoms with Crippen LogP contribution in [0.5, 0.6) is 5.75 Å². The fourth-order valence-electron chi connectivity index (χ4n) is 6.40. The van der Waals surface area contributed by atoms with Crippen LogP contribution in [0.2, 0.25) is 0 Å². The molecular weight excluding hydrogens is 366 g/mol. The van der Waals surface area contributed by atoms with Crippen LogP contribution in [0, 0.1) is 12.8 Å². The van der Waals surface area contributed by atoms with E-state index < -0.39 is 16.8 Å². The number of rotatable bonds is 4. The number of likely N-dealkylation sites (tertiary alicyclic amines) is 1. The van der Waals surface area contributed by atoms with Gasteiger partial charge >= 0.3 is 0 Å². The number of aliphatic hydroxyl groups is 1. The van der Waals surface area contributed by atoms with Crippen LogP contribution in [-0.2, 0) is 14.9 Å². The van der Waals surface area contributed by atoms with Crippen LogP contribution in [0.3, 0.4) is 0 Å². The summed E-state index contributed by atoms with van der Waals surface area (Å²) in [5.74, 6) is 1.12. The Morgan fingerprint density at radius 2 is 1.93 bits per heavy atom. The lowest BCUT2D eigenvalue weighted by molar-refractivity contribution is -0.254. The number of hydrogen-bond acceptors (Lipinski definition) is 5. The van der Waals surface area contributed by atoms with Gasteiger partial charge in [-0.1, -0.05) is 6.07 Å². The third-order valence-electron chi connectivity index (χ3n) is 8.31. The van der Waals surface area contributed by atoms with Crippen LogP contribution in [-0.4, -0.2) is 60.8 Å². The van der Waals surface area contributed by atoms with E-state index in [1.807, 2.05) is 6.07 Å². The molecule has 2 aliphatic carbocycles. The van der Waals surface area contributed by atoms with E-state index in [-0.39, 0.29) is 6.04 Å². The van der Waals surface area contributed by atoms with E-state index in [0.29, 0.717) is 26.1 Å². The first-order chi connectivity index (χ1) is 13.9. The predicted octanol–water partition coefficient (Wildman–Crippen LogP) is 3.40. The fraction of sp³-hybridized carbons (Fsp3) is 0.750. The molecule has 2 heterocycles. The molecule has 160 valence electrons. The molecule has 2 aliphatic heterocycles. The molecule has 2 unspecified atom stereocenters. The Hall–Kier alpha value is -1.14. The van der Waals surface area contributed by atoms with Gasteiger partial charge in [0.15, 0.2) is 5.79 Å². The number of nitrogens with zero attached hydrogens (tertiary/aromatic N) is 1. The van der Waals surface area contributed by atoms with Gasteiger partial charge in [-0.05, 0) is 75.3 Å². The summed E-state index contributed by atoms with van der Waals surface area (Å²) in [6, 6.07) is 6.40. The van der Waals surface area contributed by atoms with Gasteiger partial charge in [0.05, 0.1) is 25.9 Å². The van der Waals surface area contributed by atoms with Gasteiger partial charge in [-0.25, -0.2) is 0 Å². The van der Waals surface area contributed by atoms with Crippen molar-refractivity contribution in [2.45, 2.75) is 75.2 Å². The highest BCUT2D eigenvalue weighted by Gasteiger charge is 2.65. The molecule has 5 rings (SSSR count). The Balaban J connectivity index is 1.60. The molecule has 1 N–H and O–H groups in total. The van der Waals surface area contributed by atoms with E-state index in [0.717, 1.165) is 37.6 Å². The summed E-state index contributed by atoms with van der Waals surface area (Å²) in [5.41, 5.74) is 1.21. The van der Waals surface area contributed by atoms with Crippen molar-refractivity contribution in [3.8, 4) is 5.75 Å². The standard InChI is InChI=1S/C24H35NO4/c1-17-4-7-20(27-3)14-21(17)22-10-11-25(15-19-5-6-19)18(2)24(22,26)9-8-23(16-22)28-12-13-29-23/h4,7,14,18-19,26H,5-6,8-13,15-16H2,1-3H3/t18?,22-,24?/m1/s1. The van der Waals surface area contributed by atoms with Crippen molar-refractivity contribution in [1.29, 1.82) is 0 Å². The summed E-state index contributed by atoms with van der Waals surface area (Å²) >= 11 is 0. The summed E-state index contributed by atoms with van der Waals surface area (Å²) < 4.78 is 17.9. The monoisotopic (exact) mass is 401 g/mol. The Bertz CT molecular complexity index is 772. The molecular formula is C24H35NO4. The molecule has 0 bridgehead atoms. The second-order valence-electron chi connectivity index (χ2n) is 9.84. The Morgan fingerprint density at radius 3 is 2.62 bits per heavy atom. The summed E-state index contributed by atoms with van der Waals surface area (Å²) in [7, 11) is 1.71. The lowest BCUT2D eigenvalue weighted by atomic mass is 9.52. The summed E-state index contributed by atoms with van der Waals surface area (Å²) in [4.78, 5) is 2.54. The Labute approximate surface area is 174 Å². The molecule has 1 spiro atoms. The molecule has 1 aromatic rings. The number of methoxy groups -OCH3 is 1. The van der Waals surface area contributed by atoms with Crippen LogP contribution < -0.4 is 4.74 Å². The lowest BCUT2D eigenvalue weighted by Gasteiger charge is -2.62. The molecule has 2 saturated heterocycles. The highest BCUT2D eigenvalue weighted by molar-refractivity contribution is 5.44. The van der Waals surface area contributed by atoms with Crippen molar-refractivity contribution < 1.29 is 19.3 Å². The van der Waals surface area contributed by atoms with Crippen molar-refractivity contribution >= 4 is 0 Å². The third-order valence-corrected chi connectivity index (χ3v) is 8.31. The molecule has 5 heteroatoms. The fourth-order valence-corrected chi connectivity index (χ4v) is 6.40. The molecule has 4 fully saturated rings. The van der Waals surface area contributed by atoms with Crippen LogP contribution in [0.1, 0.15) is 56.6 Å². The van der Waals surface area contributed by atoms with Gasteiger partial charge in [0.1, 0.15) is 5.75 Å². The maximum absolute atomic E-state index is 12.4. The molecule has 2 saturated carbocycles. The molecule has 1 aromatic carbocycles. The quantitative estimate of drug-likeness (QED) is 0.838. The summed E-state index contributed by atoms with van der Waals surface area (Å²) in [6.07, 6.45) is 5.77. The summed E-state index contributed by atoms with van der Waals surface area (Å²) in [5, 5.41) is 12.4. The molecule has 0 radical (unpaired) electrons. The van der Waals surface area contributed by atoms with Gasteiger partial charge in [0.25, 0.3) is 0 Å². The van der Waals surface area contributed by atoms with E-state index in [2.05, 4.69) is 30.9 Å². The number of fused-ring (bicyclic) bond motifs is 1. The minimum Gasteiger partial charge on any atom is -0.497 e. The maximum atomic E-state index is 12.4. The first-order valence-electron chi connectivity index (χ1n) is 11.3. The van der Waals surface area contributed by atoms with Gasteiger partial charge in [-0.15, -0.1) is 0 Å². The highest BCUT2D eigenvalue weighted by atomic mass is 16.7. The molecule has 4 aliphatic rings. The van der Waals surface area contributed by atoms with E-state index >= 15 is 0 Å². The molecule has 0 aromatic heterocycles. The van der Waals surface area contributed by atoms with Gasteiger partial charge in [0, 0.05) is 30.8 Å². The molecule has 0 amide bonds. The number of hydrogen-bond donors (Lipinski definition) is 1. The van der Waals surface area contributed by atoms with Crippen LogP contribution in [0.15, 0.2) is 18.2 Å². The van der Waals surface area contributed by atoms with Crippen molar-refractivity contribution in [3.63, 3.8) is 0 Å². The van der Waals surface area contributed by atoms with E-state index in [9.17, 15) is 5.11 Å². The first kappa shape index (κ1) is 19.8. The lowest BCUT2D eigenvalue weighted by Crippen LogP contribution is -2.72. The van der Waals surface area contributed by atoms with Crippen LogP contribution in [0.4, 0.5) is 0 Å². The number of ether oxygens (including phenoxy) is 3. The van der Waals surface area contributed by atoms with Crippen molar-refractivity contribution in [2.75, 3.05) is 33.4 Å². The second kappa shape index (κ2) is 6.94. The average molecular weight is 402 g/mol. The largest absolute Gasteiger partial charge is 0.497 e. The van der Waals surface area contributed by atoms with Crippen LogP contribution >= 0.6 is 0 Å². The highest BCUT2D eigenvalue weighted by Crippen LogP contribution is 2.59. The van der Waals surface area contributed by atoms with Gasteiger partial charge in [-0.2, -0.15) is 0 Å². The van der Waals surface area contributed by atoms with E-state index in [4.69, 9.17) is 14.2 Å². The van der Waals surface area contributed by atoms with Gasteiger partial charge in [-0.3, -0.25) is 4.90 Å². The van der Waals surface area contributed by atoms with Crippen LogP contribution in [0.25, 0.3) is 0 Å². The second-order valence-corrected chi connectivity index (χ2v) is 9.84. The minimum atomic E-state index is -0.808. The number of aryl methyl sites for hydroxylation is 1. The smallest absolute Gasteiger partial charge is 0.169 e. The topological polar surface area (TPSA) is 51.2 Å². The van der Waals surface area contributed by atoms with Crippen molar-refractivity contribution in [1.82, 2.24) is 4.90 Å². The SMILES string of the molecule is COc1ccc(C)c([C@]23CCN(CC4CC4)C(C)C2(O)CCC2(C3)OCCO2)c1. The number of piperidine rings is 1. The molecule has 5 nitrogen and oxygen atoms in total. The first-order valence-corrected chi connectivity index (χ1v) is 11.3. The van der Waals surface area contributed by atoms with Crippen molar-refractivity contribution in [3.05, 3.63) is 29.3 Å². The third kappa shape index (κ3) is 3.04. The van der Waals surface area contributed by atoms with E-state index in [1.165, 1.54) is 24.0 Å². The van der Waals surface area contributed by atoms with Gasteiger partial charge in [0.2, 0.25) is 0 Å².